The fraction of sp³-hybridized carbons (Fsp3) is 0.368. The highest BCUT2D eigenvalue weighted by Gasteiger charge is 2.32. The van der Waals surface area contributed by atoms with Crippen molar-refractivity contribution in [2.24, 2.45) is 0 Å². The van der Waals surface area contributed by atoms with E-state index in [9.17, 15) is 10.1 Å². The molecule has 1 aromatic carbocycles. The molecule has 1 unspecified atom stereocenters. The van der Waals surface area contributed by atoms with Crippen LogP contribution in [0.25, 0.3) is 5.65 Å². The number of benzene rings is 1. The van der Waals surface area contributed by atoms with Gasteiger partial charge in [0.15, 0.2) is 5.65 Å². The number of pyridine rings is 1. The van der Waals surface area contributed by atoms with Gasteiger partial charge in [-0.1, -0.05) is 6.07 Å². The lowest BCUT2D eigenvalue weighted by Crippen LogP contribution is -2.36. The Bertz CT molecular complexity index is 1030. The second-order valence-electron chi connectivity index (χ2n) is 7.17. The van der Waals surface area contributed by atoms with Crippen molar-refractivity contribution < 1.29 is 4.92 Å². The Hall–Kier alpha value is -3.16. The molecule has 0 bridgehead atoms. The average Bonchev–Trinajstić information content (AvgIpc) is 3.34. The van der Waals surface area contributed by atoms with Crippen LogP contribution in [-0.2, 0) is 6.42 Å². The molecule has 1 atom stereocenters. The van der Waals surface area contributed by atoms with E-state index in [1.54, 1.807) is 6.07 Å². The van der Waals surface area contributed by atoms with E-state index in [1.165, 1.54) is 0 Å². The van der Waals surface area contributed by atoms with Crippen LogP contribution in [0.1, 0.15) is 30.1 Å². The van der Waals surface area contributed by atoms with Crippen LogP contribution in [0.4, 0.5) is 17.1 Å². The molecule has 8 nitrogen and oxygen atoms in total. The molecule has 27 heavy (non-hydrogen) atoms. The van der Waals surface area contributed by atoms with Gasteiger partial charge in [0.1, 0.15) is 11.5 Å². The predicted molar refractivity (Wildman–Crippen MR) is 102 cm³/mol. The first-order chi connectivity index (χ1) is 13.2. The molecular weight excluding hydrogens is 344 g/mol. The van der Waals surface area contributed by atoms with E-state index >= 15 is 0 Å². The van der Waals surface area contributed by atoms with E-state index in [0.717, 1.165) is 60.8 Å². The standard InChI is InChI=1S/C19H20N6O2/c26-25(27)16-7-6-15-14(8-9-20-15)18(16)23-10-3-4-13(12-23)19-22-21-17-5-1-2-11-24(17)19/h1-2,5-7,11,13,20H,3-4,8-10,12H2. The summed E-state index contributed by atoms with van der Waals surface area (Å²) < 4.78 is 2.03. The first-order valence-corrected chi connectivity index (χ1v) is 9.31. The minimum absolute atomic E-state index is 0.195. The number of piperidine rings is 1. The van der Waals surface area contributed by atoms with Gasteiger partial charge in [-0.25, -0.2) is 0 Å². The average molecular weight is 364 g/mol. The summed E-state index contributed by atoms with van der Waals surface area (Å²) in [5, 5.41) is 23.7. The molecule has 0 spiro atoms. The second kappa shape index (κ2) is 6.22. The van der Waals surface area contributed by atoms with Gasteiger partial charge >= 0.3 is 0 Å². The zero-order valence-electron chi connectivity index (χ0n) is 14.8. The molecule has 8 heteroatoms. The molecule has 0 radical (unpaired) electrons. The number of nitrogens with one attached hydrogen (secondary N) is 1. The van der Waals surface area contributed by atoms with Gasteiger partial charge in [-0.15, -0.1) is 10.2 Å². The summed E-state index contributed by atoms with van der Waals surface area (Å²) in [6.07, 6.45) is 4.78. The van der Waals surface area contributed by atoms with Gasteiger partial charge in [0, 0.05) is 49.1 Å². The third-order valence-corrected chi connectivity index (χ3v) is 5.59. The Morgan fingerprint density at radius 1 is 1.22 bits per heavy atom. The lowest BCUT2D eigenvalue weighted by Gasteiger charge is -2.34. The third-order valence-electron chi connectivity index (χ3n) is 5.59. The molecular formula is C19H20N6O2. The Balaban J connectivity index is 1.54. The van der Waals surface area contributed by atoms with Crippen molar-refractivity contribution >= 4 is 22.7 Å². The number of anilines is 2. The van der Waals surface area contributed by atoms with Crippen molar-refractivity contribution in [1.29, 1.82) is 0 Å². The largest absolute Gasteiger partial charge is 0.384 e. The fourth-order valence-electron chi connectivity index (χ4n) is 4.39. The zero-order chi connectivity index (χ0) is 18.4. The summed E-state index contributed by atoms with van der Waals surface area (Å²) in [7, 11) is 0. The van der Waals surface area contributed by atoms with Gasteiger partial charge in [-0.05, 0) is 37.5 Å². The molecule has 1 saturated heterocycles. The second-order valence-corrected chi connectivity index (χ2v) is 7.17. The highest BCUT2D eigenvalue weighted by molar-refractivity contribution is 5.78. The van der Waals surface area contributed by atoms with E-state index in [-0.39, 0.29) is 16.5 Å². The molecule has 2 aliphatic rings. The number of nitrogens with zero attached hydrogens (tertiary/aromatic N) is 5. The molecule has 0 amide bonds. The van der Waals surface area contributed by atoms with Crippen LogP contribution in [0.15, 0.2) is 36.5 Å². The van der Waals surface area contributed by atoms with E-state index in [2.05, 4.69) is 20.4 Å². The Morgan fingerprint density at radius 2 is 2.15 bits per heavy atom. The van der Waals surface area contributed by atoms with Crippen LogP contribution < -0.4 is 10.2 Å². The maximum Gasteiger partial charge on any atom is 0.292 e. The molecule has 2 aliphatic heterocycles. The highest BCUT2D eigenvalue weighted by atomic mass is 16.6. The number of rotatable bonds is 3. The van der Waals surface area contributed by atoms with Crippen molar-refractivity contribution in [1.82, 2.24) is 14.6 Å². The lowest BCUT2D eigenvalue weighted by molar-refractivity contribution is -0.384. The van der Waals surface area contributed by atoms with Crippen molar-refractivity contribution in [3.63, 3.8) is 0 Å². The smallest absolute Gasteiger partial charge is 0.292 e. The molecule has 0 aliphatic carbocycles. The predicted octanol–water partition coefficient (Wildman–Crippen LogP) is 2.99. The van der Waals surface area contributed by atoms with Crippen LogP contribution in [0.5, 0.6) is 0 Å². The van der Waals surface area contributed by atoms with Crippen molar-refractivity contribution in [2.75, 3.05) is 29.9 Å². The SMILES string of the molecule is O=[N+]([O-])c1ccc2c(c1N1CCCC(c3nnc4ccccn34)C1)CCN2. The topological polar surface area (TPSA) is 88.6 Å². The summed E-state index contributed by atoms with van der Waals surface area (Å²) >= 11 is 0. The van der Waals surface area contributed by atoms with E-state index in [0.29, 0.717) is 6.54 Å². The number of aromatic nitrogens is 3. The molecule has 1 N–H and O–H groups in total. The van der Waals surface area contributed by atoms with Crippen LogP contribution in [0.3, 0.4) is 0 Å². The number of fused-ring (bicyclic) bond motifs is 2. The summed E-state index contributed by atoms with van der Waals surface area (Å²) in [6.45, 7) is 2.37. The summed E-state index contributed by atoms with van der Waals surface area (Å²) in [4.78, 5) is 13.6. The highest BCUT2D eigenvalue weighted by Crippen LogP contribution is 2.42. The molecule has 138 valence electrons. The number of hydrogen-bond acceptors (Lipinski definition) is 6. The maximum atomic E-state index is 11.7. The Labute approximate surface area is 156 Å². The first kappa shape index (κ1) is 16.0. The lowest BCUT2D eigenvalue weighted by atomic mass is 9.95. The molecule has 1 fully saturated rings. The summed E-state index contributed by atoms with van der Waals surface area (Å²) in [6, 6.07) is 9.32. The van der Waals surface area contributed by atoms with Crippen molar-refractivity contribution in [3.05, 3.63) is 58.0 Å². The monoisotopic (exact) mass is 364 g/mol. The molecule has 0 saturated carbocycles. The minimum atomic E-state index is -0.260. The van der Waals surface area contributed by atoms with Crippen molar-refractivity contribution in [2.45, 2.75) is 25.2 Å². The third kappa shape index (κ3) is 2.59. The Morgan fingerprint density at radius 3 is 3.04 bits per heavy atom. The Kier molecular flexibility index (Phi) is 3.70. The van der Waals surface area contributed by atoms with Crippen LogP contribution >= 0.6 is 0 Å². The van der Waals surface area contributed by atoms with Crippen LogP contribution in [0, 0.1) is 10.1 Å². The number of nitro groups is 1. The van der Waals surface area contributed by atoms with Crippen LogP contribution in [-0.4, -0.2) is 39.2 Å². The van der Waals surface area contributed by atoms with E-state index < -0.39 is 0 Å². The molecule has 5 rings (SSSR count). The van der Waals surface area contributed by atoms with Gasteiger partial charge in [0.25, 0.3) is 5.69 Å². The van der Waals surface area contributed by atoms with Gasteiger partial charge in [0.2, 0.25) is 0 Å². The quantitative estimate of drug-likeness (QED) is 0.568. The normalized spacial score (nSPS) is 19.1. The first-order valence-electron chi connectivity index (χ1n) is 9.31. The molecule has 3 aromatic rings. The maximum absolute atomic E-state index is 11.7. The van der Waals surface area contributed by atoms with E-state index in [4.69, 9.17) is 0 Å². The molecule has 2 aromatic heterocycles. The van der Waals surface area contributed by atoms with Gasteiger partial charge < -0.3 is 10.2 Å². The fourth-order valence-corrected chi connectivity index (χ4v) is 4.39. The minimum Gasteiger partial charge on any atom is -0.384 e. The zero-order valence-corrected chi connectivity index (χ0v) is 14.8. The molecule has 4 heterocycles. The van der Waals surface area contributed by atoms with E-state index in [1.807, 2.05) is 34.9 Å². The van der Waals surface area contributed by atoms with Gasteiger partial charge in [-0.3, -0.25) is 14.5 Å². The number of nitro benzene ring substituents is 1. The van der Waals surface area contributed by atoms with Crippen LogP contribution in [0.2, 0.25) is 0 Å². The number of hydrogen-bond donors (Lipinski definition) is 1. The summed E-state index contributed by atoms with van der Waals surface area (Å²) in [5.41, 5.74) is 3.90. The van der Waals surface area contributed by atoms with Gasteiger partial charge in [0.05, 0.1) is 4.92 Å². The summed E-state index contributed by atoms with van der Waals surface area (Å²) in [5.74, 6) is 1.13. The van der Waals surface area contributed by atoms with Gasteiger partial charge in [-0.2, -0.15) is 0 Å². The van der Waals surface area contributed by atoms with Crippen molar-refractivity contribution in [3.8, 4) is 0 Å².